The Hall–Kier alpha value is -1.82. The topological polar surface area (TPSA) is 59.8 Å². The number of rotatable bonds is 5. The lowest BCUT2D eigenvalue weighted by Crippen LogP contribution is -2.44. The van der Waals surface area contributed by atoms with E-state index in [-0.39, 0.29) is 5.91 Å². The molecular formula is C20H28N4OS. The first-order chi connectivity index (χ1) is 12.5. The average molecular weight is 373 g/mol. The Bertz CT molecular complexity index is 756. The van der Waals surface area contributed by atoms with E-state index in [2.05, 4.69) is 48.4 Å². The van der Waals surface area contributed by atoms with Crippen molar-refractivity contribution in [3.8, 4) is 11.4 Å². The Morgan fingerprint density at radius 3 is 2.69 bits per heavy atom. The van der Waals surface area contributed by atoms with Crippen LogP contribution in [-0.2, 0) is 11.8 Å². The third-order valence-corrected chi connectivity index (χ3v) is 6.55. The number of carbonyl (C=O) groups excluding carboxylic acids is 1. The molecule has 1 aliphatic rings. The molecule has 1 aromatic heterocycles. The normalized spacial score (nSPS) is 23.0. The van der Waals surface area contributed by atoms with Gasteiger partial charge < -0.3 is 9.88 Å². The summed E-state index contributed by atoms with van der Waals surface area (Å²) in [6.45, 7) is 6.59. The van der Waals surface area contributed by atoms with Gasteiger partial charge in [-0.1, -0.05) is 68.3 Å². The standard InChI is InChI=1S/C20H28N4OS/c1-13-8-10-16(11-9-13)19-22-23-20(24(19)4)26-12-18(25)21-17-7-5-6-14(2)15(17)3/h8-11,14-15,17H,5-7,12H2,1-4H3,(H,21,25). The van der Waals surface area contributed by atoms with Crippen LogP contribution in [0.25, 0.3) is 11.4 Å². The van der Waals surface area contributed by atoms with Crippen LogP contribution in [0.1, 0.15) is 38.7 Å². The zero-order valence-corrected chi connectivity index (χ0v) is 16.8. The fourth-order valence-corrected chi connectivity index (χ4v) is 4.28. The molecule has 1 aromatic carbocycles. The highest BCUT2D eigenvalue weighted by molar-refractivity contribution is 7.99. The number of nitrogens with zero attached hydrogens (tertiary/aromatic N) is 3. The van der Waals surface area contributed by atoms with Gasteiger partial charge in [0, 0.05) is 18.7 Å². The number of aryl methyl sites for hydroxylation is 1. The van der Waals surface area contributed by atoms with Crippen LogP contribution in [0.15, 0.2) is 29.4 Å². The molecule has 0 spiro atoms. The summed E-state index contributed by atoms with van der Waals surface area (Å²) in [5, 5.41) is 12.5. The van der Waals surface area contributed by atoms with Gasteiger partial charge in [0.2, 0.25) is 5.91 Å². The van der Waals surface area contributed by atoms with Crippen LogP contribution in [0.4, 0.5) is 0 Å². The van der Waals surface area contributed by atoms with E-state index in [0.717, 1.165) is 23.0 Å². The minimum atomic E-state index is 0.0841. The van der Waals surface area contributed by atoms with Crippen molar-refractivity contribution in [3.05, 3.63) is 29.8 Å². The van der Waals surface area contributed by atoms with Crippen LogP contribution in [0.2, 0.25) is 0 Å². The van der Waals surface area contributed by atoms with E-state index >= 15 is 0 Å². The van der Waals surface area contributed by atoms with E-state index < -0.39 is 0 Å². The molecule has 1 amide bonds. The summed E-state index contributed by atoms with van der Waals surface area (Å²) in [6.07, 6.45) is 3.55. The highest BCUT2D eigenvalue weighted by Crippen LogP contribution is 2.29. The Kier molecular flexibility index (Phi) is 6.01. The van der Waals surface area contributed by atoms with Crippen LogP contribution in [0, 0.1) is 18.8 Å². The van der Waals surface area contributed by atoms with Crippen LogP contribution in [0.3, 0.4) is 0 Å². The highest BCUT2D eigenvalue weighted by Gasteiger charge is 2.28. The number of nitrogens with one attached hydrogen (secondary N) is 1. The number of hydrogen-bond acceptors (Lipinski definition) is 4. The largest absolute Gasteiger partial charge is 0.352 e. The van der Waals surface area contributed by atoms with Gasteiger partial charge in [0.25, 0.3) is 0 Å². The maximum atomic E-state index is 12.4. The van der Waals surface area contributed by atoms with Gasteiger partial charge in [-0.25, -0.2) is 0 Å². The van der Waals surface area contributed by atoms with Crippen molar-refractivity contribution in [2.24, 2.45) is 18.9 Å². The van der Waals surface area contributed by atoms with Crippen molar-refractivity contribution in [1.29, 1.82) is 0 Å². The summed E-state index contributed by atoms with van der Waals surface area (Å²) >= 11 is 1.44. The predicted molar refractivity (Wildman–Crippen MR) is 106 cm³/mol. The van der Waals surface area contributed by atoms with Gasteiger partial charge in [-0.15, -0.1) is 10.2 Å². The first-order valence-electron chi connectivity index (χ1n) is 9.34. The predicted octanol–water partition coefficient (Wildman–Crippen LogP) is 3.82. The van der Waals surface area contributed by atoms with Crippen molar-refractivity contribution < 1.29 is 4.79 Å². The zero-order valence-electron chi connectivity index (χ0n) is 16.0. The molecule has 0 saturated heterocycles. The zero-order chi connectivity index (χ0) is 18.7. The van der Waals surface area contributed by atoms with Gasteiger partial charge in [-0.05, 0) is 25.2 Å². The number of aromatic nitrogens is 3. The summed E-state index contributed by atoms with van der Waals surface area (Å²) in [5.74, 6) is 2.50. The van der Waals surface area contributed by atoms with Crippen LogP contribution >= 0.6 is 11.8 Å². The molecule has 1 heterocycles. The lowest BCUT2D eigenvalue weighted by Gasteiger charge is -2.34. The van der Waals surface area contributed by atoms with E-state index in [9.17, 15) is 4.79 Å². The Labute approximate surface area is 160 Å². The lowest BCUT2D eigenvalue weighted by atomic mass is 9.78. The smallest absolute Gasteiger partial charge is 0.230 e. The van der Waals surface area contributed by atoms with E-state index in [1.165, 1.54) is 30.2 Å². The third-order valence-electron chi connectivity index (χ3n) is 5.53. The maximum Gasteiger partial charge on any atom is 0.230 e. The molecule has 1 saturated carbocycles. The van der Waals surface area contributed by atoms with E-state index in [1.807, 2.05) is 23.7 Å². The SMILES string of the molecule is Cc1ccc(-c2nnc(SCC(=O)NC3CCCC(C)C3C)n2C)cc1. The molecule has 140 valence electrons. The van der Waals surface area contributed by atoms with Gasteiger partial charge in [-0.2, -0.15) is 0 Å². The molecule has 1 N–H and O–H groups in total. The Morgan fingerprint density at radius 1 is 1.23 bits per heavy atom. The monoisotopic (exact) mass is 372 g/mol. The number of benzene rings is 1. The minimum absolute atomic E-state index is 0.0841. The summed E-state index contributed by atoms with van der Waals surface area (Å²) in [4.78, 5) is 12.4. The third kappa shape index (κ3) is 4.29. The number of amides is 1. The van der Waals surface area contributed by atoms with Gasteiger partial charge in [0.1, 0.15) is 0 Å². The lowest BCUT2D eigenvalue weighted by molar-refractivity contribution is -0.120. The van der Waals surface area contributed by atoms with E-state index in [1.54, 1.807) is 0 Å². The van der Waals surface area contributed by atoms with Crippen LogP contribution in [-0.4, -0.2) is 32.5 Å². The van der Waals surface area contributed by atoms with Gasteiger partial charge in [0.05, 0.1) is 5.75 Å². The number of hydrogen-bond donors (Lipinski definition) is 1. The quantitative estimate of drug-likeness (QED) is 0.811. The van der Waals surface area contributed by atoms with Crippen molar-refractivity contribution >= 4 is 17.7 Å². The van der Waals surface area contributed by atoms with E-state index in [0.29, 0.717) is 23.6 Å². The molecule has 3 unspecified atom stereocenters. The fourth-order valence-electron chi connectivity index (χ4n) is 3.56. The van der Waals surface area contributed by atoms with Crippen molar-refractivity contribution in [1.82, 2.24) is 20.1 Å². The van der Waals surface area contributed by atoms with Crippen LogP contribution < -0.4 is 5.32 Å². The summed E-state index contributed by atoms with van der Waals surface area (Å²) in [5.41, 5.74) is 2.25. The Morgan fingerprint density at radius 2 is 1.96 bits per heavy atom. The van der Waals surface area contributed by atoms with E-state index in [4.69, 9.17) is 0 Å². The number of carbonyl (C=O) groups is 1. The molecule has 0 radical (unpaired) electrons. The maximum absolute atomic E-state index is 12.4. The fraction of sp³-hybridized carbons (Fsp3) is 0.550. The first-order valence-corrected chi connectivity index (χ1v) is 10.3. The molecule has 26 heavy (non-hydrogen) atoms. The molecular weight excluding hydrogens is 344 g/mol. The summed E-state index contributed by atoms with van der Waals surface area (Å²) in [6, 6.07) is 8.53. The molecule has 0 aliphatic heterocycles. The second-order valence-corrected chi connectivity index (χ2v) is 8.40. The van der Waals surface area contributed by atoms with Crippen molar-refractivity contribution in [2.45, 2.75) is 51.2 Å². The molecule has 3 atom stereocenters. The van der Waals surface area contributed by atoms with Crippen molar-refractivity contribution in [3.63, 3.8) is 0 Å². The van der Waals surface area contributed by atoms with Gasteiger partial charge in [0.15, 0.2) is 11.0 Å². The van der Waals surface area contributed by atoms with Crippen LogP contribution in [0.5, 0.6) is 0 Å². The second kappa shape index (κ2) is 8.25. The first kappa shape index (κ1) is 19.0. The molecule has 6 heteroatoms. The van der Waals surface area contributed by atoms with Crippen molar-refractivity contribution in [2.75, 3.05) is 5.75 Å². The summed E-state index contributed by atoms with van der Waals surface area (Å²) in [7, 11) is 1.94. The number of thioether (sulfide) groups is 1. The molecule has 5 nitrogen and oxygen atoms in total. The molecule has 2 aromatic rings. The Balaban J connectivity index is 1.58. The average Bonchev–Trinajstić information content (AvgIpc) is 2.99. The molecule has 1 aliphatic carbocycles. The molecule has 1 fully saturated rings. The van der Waals surface area contributed by atoms with Gasteiger partial charge in [-0.3, -0.25) is 4.79 Å². The molecule has 3 rings (SSSR count). The van der Waals surface area contributed by atoms with Gasteiger partial charge >= 0.3 is 0 Å². The highest BCUT2D eigenvalue weighted by atomic mass is 32.2. The minimum Gasteiger partial charge on any atom is -0.352 e. The molecule has 0 bridgehead atoms. The second-order valence-electron chi connectivity index (χ2n) is 7.46. The summed E-state index contributed by atoms with van der Waals surface area (Å²) < 4.78 is 1.95.